The molecule has 0 spiro atoms. The molecule has 0 saturated carbocycles. The van der Waals surface area contributed by atoms with Crippen LogP contribution in [0.3, 0.4) is 0 Å². The Morgan fingerprint density at radius 1 is 1.08 bits per heavy atom. The molecule has 0 aliphatic heterocycles. The second-order valence-corrected chi connectivity index (χ2v) is 7.99. The summed E-state index contributed by atoms with van der Waals surface area (Å²) in [6.45, 7) is 12.7. The maximum absolute atomic E-state index is 12.1. The molecular weight excluding hydrogens is 300 g/mol. The number of hydrazone groups is 1. The molecule has 24 heavy (non-hydrogen) atoms. The zero-order valence-corrected chi connectivity index (χ0v) is 15.3. The Labute approximate surface area is 143 Å². The van der Waals surface area contributed by atoms with Crippen LogP contribution >= 0.6 is 0 Å². The molecule has 5 heteroatoms. The van der Waals surface area contributed by atoms with Gasteiger partial charge in [-0.2, -0.15) is 10.2 Å². The number of carbonyl (C=O) groups is 1. The van der Waals surface area contributed by atoms with E-state index in [1.54, 1.807) is 12.3 Å². The van der Waals surface area contributed by atoms with Gasteiger partial charge in [0.05, 0.1) is 6.21 Å². The number of aromatic amines is 1. The Morgan fingerprint density at radius 2 is 1.71 bits per heavy atom. The molecule has 0 atom stereocenters. The maximum Gasteiger partial charge on any atom is 0.291 e. The Balaban J connectivity index is 1.98. The normalized spacial score (nSPS) is 12.6. The van der Waals surface area contributed by atoms with Gasteiger partial charge in [-0.25, -0.2) is 5.43 Å². The first-order valence-corrected chi connectivity index (χ1v) is 8.07. The number of hydrogen-bond donors (Lipinski definition) is 2. The fourth-order valence-electron chi connectivity index (χ4n) is 2.11. The van der Waals surface area contributed by atoms with Crippen molar-refractivity contribution in [2.24, 2.45) is 5.10 Å². The fraction of sp³-hybridized carbons (Fsp3) is 0.421. The van der Waals surface area contributed by atoms with E-state index in [4.69, 9.17) is 0 Å². The van der Waals surface area contributed by atoms with Crippen LogP contribution in [0.4, 0.5) is 0 Å². The van der Waals surface area contributed by atoms with Crippen LogP contribution in [0.5, 0.6) is 0 Å². The predicted octanol–water partition coefficient (Wildman–Crippen LogP) is 3.77. The molecule has 0 unspecified atom stereocenters. The molecule has 2 rings (SSSR count). The number of amides is 1. The van der Waals surface area contributed by atoms with Gasteiger partial charge in [-0.3, -0.25) is 9.89 Å². The van der Waals surface area contributed by atoms with Crippen LogP contribution in [-0.4, -0.2) is 22.3 Å². The van der Waals surface area contributed by atoms with Crippen LogP contribution < -0.4 is 5.43 Å². The largest absolute Gasteiger partial charge is 0.291 e. The van der Waals surface area contributed by atoms with Crippen molar-refractivity contribution in [3.63, 3.8) is 0 Å². The van der Waals surface area contributed by atoms with Crippen molar-refractivity contribution in [1.82, 2.24) is 15.6 Å². The first kappa shape index (κ1) is 17.9. The molecule has 0 aliphatic carbocycles. The van der Waals surface area contributed by atoms with Crippen molar-refractivity contribution in [2.75, 3.05) is 0 Å². The summed E-state index contributed by atoms with van der Waals surface area (Å²) in [6.07, 6.45) is 1.63. The Bertz CT molecular complexity index is 728. The summed E-state index contributed by atoms with van der Waals surface area (Å²) in [5.41, 5.74) is 5.98. The van der Waals surface area contributed by atoms with E-state index in [-0.39, 0.29) is 16.7 Å². The van der Waals surface area contributed by atoms with Crippen LogP contribution in [0, 0.1) is 0 Å². The van der Waals surface area contributed by atoms with Gasteiger partial charge in [-0.05, 0) is 22.6 Å². The summed E-state index contributed by atoms with van der Waals surface area (Å²) in [4.78, 5) is 12.1. The second-order valence-electron chi connectivity index (χ2n) is 7.99. The molecule has 1 aromatic carbocycles. The van der Waals surface area contributed by atoms with E-state index in [0.717, 1.165) is 11.3 Å². The summed E-state index contributed by atoms with van der Waals surface area (Å²) < 4.78 is 0. The summed E-state index contributed by atoms with van der Waals surface area (Å²) >= 11 is 0. The highest BCUT2D eigenvalue weighted by Crippen LogP contribution is 2.22. The zero-order chi connectivity index (χ0) is 18.0. The molecule has 1 heterocycles. The summed E-state index contributed by atoms with van der Waals surface area (Å²) in [6, 6.07) is 9.88. The van der Waals surface area contributed by atoms with Gasteiger partial charge in [-0.15, -0.1) is 0 Å². The molecule has 0 fully saturated rings. The lowest BCUT2D eigenvalue weighted by atomic mass is 9.87. The van der Waals surface area contributed by atoms with E-state index in [0.29, 0.717) is 5.69 Å². The van der Waals surface area contributed by atoms with E-state index in [1.807, 2.05) is 12.1 Å². The topological polar surface area (TPSA) is 70.1 Å². The van der Waals surface area contributed by atoms with Crippen LogP contribution in [-0.2, 0) is 10.8 Å². The Kier molecular flexibility index (Phi) is 4.92. The number of rotatable bonds is 3. The second kappa shape index (κ2) is 6.59. The Morgan fingerprint density at radius 3 is 2.21 bits per heavy atom. The first-order valence-electron chi connectivity index (χ1n) is 8.07. The van der Waals surface area contributed by atoms with Gasteiger partial charge in [0.15, 0.2) is 5.69 Å². The number of hydrogen-bond acceptors (Lipinski definition) is 3. The van der Waals surface area contributed by atoms with Crippen LogP contribution in [0.1, 0.15) is 68.9 Å². The minimum atomic E-state index is -0.329. The number of benzene rings is 1. The quantitative estimate of drug-likeness (QED) is 0.666. The third kappa shape index (κ3) is 4.54. The van der Waals surface area contributed by atoms with Crippen molar-refractivity contribution >= 4 is 12.1 Å². The van der Waals surface area contributed by atoms with Crippen molar-refractivity contribution in [2.45, 2.75) is 52.4 Å². The van der Waals surface area contributed by atoms with E-state index < -0.39 is 0 Å². The highest BCUT2D eigenvalue weighted by molar-refractivity contribution is 5.93. The average Bonchev–Trinajstić information content (AvgIpc) is 2.96. The highest BCUT2D eigenvalue weighted by atomic mass is 16.2. The van der Waals surface area contributed by atoms with Crippen LogP contribution in [0.15, 0.2) is 35.4 Å². The van der Waals surface area contributed by atoms with E-state index in [1.165, 1.54) is 5.56 Å². The molecule has 0 radical (unpaired) electrons. The number of nitrogens with one attached hydrogen (secondary N) is 2. The average molecular weight is 326 g/mol. The van der Waals surface area contributed by atoms with Gasteiger partial charge < -0.3 is 0 Å². The van der Waals surface area contributed by atoms with Crippen LogP contribution in [0.2, 0.25) is 0 Å². The van der Waals surface area contributed by atoms with Crippen molar-refractivity contribution in [3.05, 3.63) is 52.8 Å². The SMILES string of the molecule is CC(C)(C)c1ccc(/C=N\NC(=O)c2cc(C(C)(C)C)[nH]n2)cc1. The third-order valence-corrected chi connectivity index (χ3v) is 3.77. The molecule has 2 N–H and O–H groups in total. The van der Waals surface area contributed by atoms with Gasteiger partial charge in [0.25, 0.3) is 5.91 Å². The van der Waals surface area contributed by atoms with Crippen molar-refractivity contribution < 1.29 is 4.79 Å². The maximum atomic E-state index is 12.1. The molecule has 0 bridgehead atoms. The van der Waals surface area contributed by atoms with E-state index in [9.17, 15) is 4.79 Å². The molecule has 5 nitrogen and oxygen atoms in total. The zero-order valence-electron chi connectivity index (χ0n) is 15.3. The molecular formula is C19H26N4O. The number of aromatic nitrogens is 2. The van der Waals surface area contributed by atoms with Gasteiger partial charge in [0, 0.05) is 11.1 Å². The monoisotopic (exact) mass is 326 g/mol. The fourth-order valence-corrected chi connectivity index (χ4v) is 2.11. The molecule has 2 aromatic rings. The van der Waals surface area contributed by atoms with E-state index >= 15 is 0 Å². The molecule has 1 aromatic heterocycles. The predicted molar refractivity (Wildman–Crippen MR) is 97.5 cm³/mol. The van der Waals surface area contributed by atoms with Gasteiger partial charge in [0.2, 0.25) is 0 Å². The van der Waals surface area contributed by atoms with Crippen molar-refractivity contribution in [3.8, 4) is 0 Å². The first-order chi connectivity index (χ1) is 11.1. The molecule has 128 valence electrons. The number of carbonyl (C=O) groups excluding carboxylic acids is 1. The summed E-state index contributed by atoms with van der Waals surface area (Å²) in [7, 11) is 0. The lowest BCUT2D eigenvalue weighted by Crippen LogP contribution is -2.18. The van der Waals surface area contributed by atoms with Gasteiger partial charge in [0.1, 0.15) is 0 Å². The lowest BCUT2D eigenvalue weighted by Gasteiger charge is -2.18. The van der Waals surface area contributed by atoms with Crippen LogP contribution in [0.25, 0.3) is 0 Å². The number of H-pyrrole nitrogens is 1. The minimum Gasteiger partial charge on any atom is -0.281 e. The third-order valence-electron chi connectivity index (χ3n) is 3.77. The standard InChI is InChI=1S/C19H26N4O/c1-18(2,3)14-9-7-13(8-10-14)12-20-23-17(24)15-11-16(22-21-15)19(4,5)6/h7-12H,1-6H3,(H,21,22)(H,23,24)/b20-12-. The smallest absolute Gasteiger partial charge is 0.281 e. The number of nitrogens with zero attached hydrogens (tertiary/aromatic N) is 2. The van der Waals surface area contributed by atoms with E-state index in [2.05, 4.69) is 74.4 Å². The molecule has 0 aliphatic rings. The highest BCUT2D eigenvalue weighted by Gasteiger charge is 2.19. The lowest BCUT2D eigenvalue weighted by molar-refractivity contribution is 0.0950. The summed E-state index contributed by atoms with van der Waals surface area (Å²) in [5, 5.41) is 10.9. The molecule has 0 saturated heterocycles. The minimum absolute atomic E-state index is 0.0798. The summed E-state index contributed by atoms with van der Waals surface area (Å²) in [5.74, 6) is -0.329. The Hall–Kier alpha value is -2.43. The molecule has 1 amide bonds. The van der Waals surface area contributed by atoms with Gasteiger partial charge in [-0.1, -0.05) is 65.8 Å². The van der Waals surface area contributed by atoms with Gasteiger partial charge >= 0.3 is 0 Å². The van der Waals surface area contributed by atoms with Crippen molar-refractivity contribution in [1.29, 1.82) is 0 Å².